The summed E-state index contributed by atoms with van der Waals surface area (Å²) in [6, 6.07) is 14.5. The second kappa shape index (κ2) is 7.20. The second-order valence-corrected chi connectivity index (χ2v) is 8.28. The van der Waals surface area contributed by atoms with Crippen molar-refractivity contribution in [3.63, 3.8) is 0 Å². The molecule has 0 atom stereocenters. The predicted molar refractivity (Wildman–Crippen MR) is 93.1 cm³/mol. The van der Waals surface area contributed by atoms with Gasteiger partial charge in [-0.3, -0.25) is 4.72 Å². The van der Waals surface area contributed by atoms with Gasteiger partial charge in [0, 0.05) is 26.5 Å². The molecule has 0 aromatic heterocycles. The van der Waals surface area contributed by atoms with Crippen molar-refractivity contribution < 1.29 is 8.42 Å². The topological polar surface area (TPSA) is 72.2 Å². The van der Waals surface area contributed by atoms with Crippen molar-refractivity contribution >= 4 is 49.1 Å². The van der Waals surface area contributed by atoms with Gasteiger partial charge in [-0.15, -0.1) is 11.8 Å². The molecule has 0 aliphatic rings. The van der Waals surface area contributed by atoms with Crippen LogP contribution in [0.2, 0.25) is 0 Å². The molecule has 0 amide bonds. The van der Waals surface area contributed by atoms with E-state index in [0.29, 0.717) is 17.1 Å². The Balaban J connectivity index is 1.90. The van der Waals surface area contributed by atoms with E-state index >= 15 is 0 Å². The van der Waals surface area contributed by atoms with Gasteiger partial charge in [-0.25, -0.2) is 8.42 Å². The molecule has 112 valence electrons. The zero-order valence-corrected chi connectivity index (χ0v) is 14.3. The minimum Gasteiger partial charge on any atom is -0.399 e. The lowest BCUT2D eigenvalue weighted by Gasteiger charge is -2.08. The van der Waals surface area contributed by atoms with Gasteiger partial charge in [0.2, 0.25) is 10.0 Å². The molecule has 2 rings (SSSR count). The highest BCUT2D eigenvalue weighted by Crippen LogP contribution is 2.21. The maximum Gasteiger partial charge on any atom is 0.233 e. The number of anilines is 2. The number of hydrogen-bond acceptors (Lipinski definition) is 4. The van der Waals surface area contributed by atoms with Gasteiger partial charge >= 0.3 is 0 Å². The minimum absolute atomic E-state index is 0.0407. The molecule has 0 bridgehead atoms. The molecule has 0 radical (unpaired) electrons. The molecule has 3 N–H and O–H groups in total. The number of rotatable bonds is 6. The molecular formula is C14H15BrN2O2S2. The molecule has 0 saturated heterocycles. The Kier molecular flexibility index (Phi) is 5.55. The number of hydrogen-bond donors (Lipinski definition) is 2. The van der Waals surface area contributed by atoms with E-state index in [1.165, 1.54) is 11.8 Å². The molecule has 0 fully saturated rings. The van der Waals surface area contributed by atoms with E-state index in [4.69, 9.17) is 5.73 Å². The number of nitrogen functional groups attached to an aromatic ring is 1. The van der Waals surface area contributed by atoms with Crippen LogP contribution in [0.5, 0.6) is 0 Å². The molecular weight excluding hydrogens is 372 g/mol. The monoisotopic (exact) mass is 386 g/mol. The fourth-order valence-electron chi connectivity index (χ4n) is 1.66. The van der Waals surface area contributed by atoms with Gasteiger partial charge in [0.25, 0.3) is 0 Å². The van der Waals surface area contributed by atoms with Gasteiger partial charge in [0.1, 0.15) is 0 Å². The summed E-state index contributed by atoms with van der Waals surface area (Å²) in [6.45, 7) is 0. The van der Waals surface area contributed by atoms with Crippen molar-refractivity contribution in [1.82, 2.24) is 0 Å². The maximum absolute atomic E-state index is 12.0. The number of thioether (sulfide) groups is 1. The molecule has 7 heteroatoms. The molecule has 0 spiro atoms. The summed E-state index contributed by atoms with van der Waals surface area (Å²) in [4.78, 5) is 0.965. The Bertz CT molecular complexity index is 720. The van der Waals surface area contributed by atoms with Crippen LogP contribution in [-0.4, -0.2) is 19.9 Å². The maximum atomic E-state index is 12.0. The smallest absolute Gasteiger partial charge is 0.233 e. The van der Waals surface area contributed by atoms with Crippen LogP contribution in [0.25, 0.3) is 0 Å². The lowest BCUT2D eigenvalue weighted by Crippen LogP contribution is -2.18. The molecule has 0 saturated carbocycles. The van der Waals surface area contributed by atoms with Gasteiger partial charge in [-0.2, -0.15) is 0 Å². The average molecular weight is 387 g/mol. The van der Waals surface area contributed by atoms with Crippen molar-refractivity contribution in [1.29, 1.82) is 0 Å². The predicted octanol–water partition coefficient (Wildman–Crippen LogP) is 3.57. The van der Waals surface area contributed by atoms with Gasteiger partial charge in [-0.1, -0.05) is 28.1 Å². The molecule has 2 aromatic carbocycles. The van der Waals surface area contributed by atoms with Gasteiger partial charge in [0.05, 0.1) is 5.75 Å². The summed E-state index contributed by atoms with van der Waals surface area (Å²) in [7, 11) is -3.35. The first-order chi connectivity index (χ1) is 9.94. The van der Waals surface area contributed by atoms with E-state index in [2.05, 4.69) is 20.7 Å². The third kappa shape index (κ3) is 5.61. The summed E-state index contributed by atoms with van der Waals surface area (Å²) in [5.41, 5.74) is 6.91. The van der Waals surface area contributed by atoms with E-state index in [9.17, 15) is 8.42 Å². The van der Waals surface area contributed by atoms with Gasteiger partial charge in [-0.05, 0) is 36.4 Å². The number of halogens is 1. The van der Waals surface area contributed by atoms with E-state index in [-0.39, 0.29) is 5.75 Å². The highest BCUT2D eigenvalue weighted by Gasteiger charge is 2.10. The molecule has 0 unspecified atom stereocenters. The molecule has 0 aliphatic carbocycles. The van der Waals surface area contributed by atoms with E-state index < -0.39 is 10.0 Å². The third-order valence-electron chi connectivity index (χ3n) is 2.58. The van der Waals surface area contributed by atoms with Crippen LogP contribution in [0.15, 0.2) is 57.9 Å². The fraction of sp³-hybridized carbons (Fsp3) is 0.143. The van der Waals surface area contributed by atoms with Crippen molar-refractivity contribution in [2.75, 3.05) is 22.0 Å². The van der Waals surface area contributed by atoms with Crippen molar-refractivity contribution in [3.8, 4) is 0 Å². The summed E-state index contributed by atoms with van der Waals surface area (Å²) >= 11 is 4.78. The summed E-state index contributed by atoms with van der Waals surface area (Å²) < 4.78 is 27.4. The lowest BCUT2D eigenvalue weighted by molar-refractivity contribution is 0.602. The first-order valence-corrected chi connectivity index (χ1v) is 9.62. The highest BCUT2D eigenvalue weighted by molar-refractivity contribution is 9.10. The van der Waals surface area contributed by atoms with Crippen molar-refractivity contribution in [2.24, 2.45) is 0 Å². The standard InChI is InChI=1S/C14H15BrN2O2S2/c15-11-3-1-5-13(9-11)17-21(18,19)8-7-20-14-6-2-4-12(16)10-14/h1-6,9-10,17H,7-8,16H2. The zero-order chi connectivity index (χ0) is 15.3. The molecule has 0 aliphatic heterocycles. The summed E-state index contributed by atoms with van der Waals surface area (Å²) in [5.74, 6) is 0.506. The Morgan fingerprint density at radius 3 is 2.62 bits per heavy atom. The fourth-order valence-corrected chi connectivity index (χ4v) is 4.48. The molecule has 21 heavy (non-hydrogen) atoms. The Labute approximate surface area is 137 Å². The summed E-state index contributed by atoms with van der Waals surface area (Å²) in [6.07, 6.45) is 0. The van der Waals surface area contributed by atoms with Crippen LogP contribution in [0.3, 0.4) is 0 Å². The van der Waals surface area contributed by atoms with E-state index in [1.807, 2.05) is 24.3 Å². The highest BCUT2D eigenvalue weighted by atomic mass is 79.9. The van der Waals surface area contributed by atoms with Crippen molar-refractivity contribution in [3.05, 3.63) is 53.0 Å². The van der Waals surface area contributed by atoms with Crippen LogP contribution in [-0.2, 0) is 10.0 Å². The SMILES string of the molecule is Nc1cccc(SCCS(=O)(=O)Nc2cccc(Br)c2)c1. The lowest BCUT2D eigenvalue weighted by atomic mass is 10.3. The van der Waals surface area contributed by atoms with Gasteiger partial charge < -0.3 is 5.73 Å². The van der Waals surface area contributed by atoms with E-state index in [1.54, 1.807) is 24.3 Å². The van der Waals surface area contributed by atoms with Crippen LogP contribution in [0.4, 0.5) is 11.4 Å². The third-order valence-corrected chi connectivity index (χ3v) is 5.61. The zero-order valence-electron chi connectivity index (χ0n) is 11.1. The Hall–Kier alpha value is -1.18. The largest absolute Gasteiger partial charge is 0.399 e. The summed E-state index contributed by atoms with van der Waals surface area (Å²) in [5, 5.41) is 0. The first-order valence-electron chi connectivity index (χ1n) is 6.19. The van der Waals surface area contributed by atoms with Gasteiger partial charge in [0.15, 0.2) is 0 Å². The first kappa shape index (κ1) is 16.2. The second-order valence-electron chi connectivity index (χ2n) is 4.35. The van der Waals surface area contributed by atoms with Crippen LogP contribution in [0.1, 0.15) is 0 Å². The average Bonchev–Trinajstić information content (AvgIpc) is 2.38. The quantitative estimate of drug-likeness (QED) is 0.587. The normalized spacial score (nSPS) is 11.3. The number of sulfonamides is 1. The van der Waals surface area contributed by atoms with Crippen LogP contribution >= 0.6 is 27.7 Å². The van der Waals surface area contributed by atoms with Crippen LogP contribution in [0, 0.1) is 0 Å². The molecule has 0 heterocycles. The molecule has 4 nitrogen and oxygen atoms in total. The number of nitrogens with two attached hydrogens (primary N) is 1. The molecule has 2 aromatic rings. The minimum atomic E-state index is -3.35. The number of nitrogens with one attached hydrogen (secondary N) is 1. The Morgan fingerprint density at radius 1 is 1.14 bits per heavy atom. The van der Waals surface area contributed by atoms with E-state index in [0.717, 1.165) is 9.37 Å². The number of benzene rings is 2. The Morgan fingerprint density at radius 2 is 1.90 bits per heavy atom. The van der Waals surface area contributed by atoms with Crippen molar-refractivity contribution in [2.45, 2.75) is 4.90 Å². The van der Waals surface area contributed by atoms with Crippen LogP contribution < -0.4 is 10.5 Å².